The lowest BCUT2D eigenvalue weighted by Crippen LogP contribution is -2.26. The number of pyridine rings is 1. The molecule has 0 saturated carbocycles. The van der Waals surface area contributed by atoms with Crippen LogP contribution < -0.4 is 11.1 Å². The van der Waals surface area contributed by atoms with Gasteiger partial charge in [-0.25, -0.2) is 4.98 Å². The number of anilines is 1. The first-order valence-corrected chi connectivity index (χ1v) is 6.31. The number of H-pyrrole nitrogens is 1. The van der Waals surface area contributed by atoms with Gasteiger partial charge in [0.2, 0.25) is 0 Å². The van der Waals surface area contributed by atoms with Crippen molar-refractivity contribution in [2.24, 2.45) is 0 Å². The Kier molecular flexibility index (Phi) is 2.98. The zero-order valence-electron chi connectivity index (χ0n) is 10.2. The smallest absolute Gasteiger partial charge is 0.132 e. The summed E-state index contributed by atoms with van der Waals surface area (Å²) in [7, 11) is 0. The van der Waals surface area contributed by atoms with Crippen molar-refractivity contribution in [3.05, 3.63) is 30.1 Å². The van der Waals surface area contributed by atoms with Gasteiger partial charge in [-0.2, -0.15) is 5.10 Å². The average molecular weight is 243 g/mol. The summed E-state index contributed by atoms with van der Waals surface area (Å²) in [5, 5.41) is 10.9. The summed E-state index contributed by atoms with van der Waals surface area (Å²) >= 11 is 0. The minimum Gasteiger partial charge on any atom is -0.383 e. The monoisotopic (exact) mass is 243 g/mol. The standard InChI is InChI=1S/C13H17N5/c14-13-10(2-1-5-16-13)12-8-11(17-18-12)9-3-6-15-7-4-9/h1-2,5,8-9,15H,3-4,6-7H2,(H2,14,16)(H,17,18). The molecular formula is C13H17N5. The molecule has 1 aliphatic rings. The highest BCUT2D eigenvalue weighted by Crippen LogP contribution is 2.28. The quantitative estimate of drug-likeness (QED) is 0.747. The summed E-state index contributed by atoms with van der Waals surface area (Å²) in [4.78, 5) is 4.09. The number of piperidine rings is 1. The van der Waals surface area contributed by atoms with Crippen molar-refractivity contribution in [2.45, 2.75) is 18.8 Å². The zero-order chi connectivity index (χ0) is 12.4. The van der Waals surface area contributed by atoms with Crippen LogP contribution >= 0.6 is 0 Å². The van der Waals surface area contributed by atoms with Crippen LogP contribution in [-0.4, -0.2) is 28.3 Å². The van der Waals surface area contributed by atoms with E-state index in [9.17, 15) is 0 Å². The van der Waals surface area contributed by atoms with Crippen LogP contribution in [0, 0.1) is 0 Å². The predicted molar refractivity (Wildman–Crippen MR) is 71.1 cm³/mol. The molecular weight excluding hydrogens is 226 g/mol. The van der Waals surface area contributed by atoms with Crippen molar-refractivity contribution in [2.75, 3.05) is 18.8 Å². The molecule has 4 N–H and O–H groups in total. The molecule has 5 nitrogen and oxygen atoms in total. The van der Waals surface area contributed by atoms with Gasteiger partial charge < -0.3 is 11.1 Å². The highest BCUT2D eigenvalue weighted by molar-refractivity contribution is 5.70. The largest absolute Gasteiger partial charge is 0.383 e. The summed E-state index contributed by atoms with van der Waals surface area (Å²) < 4.78 is 0. The van der Waals surface area contributed by atoms with Crippen molar-refractivity contribution in [1.29, 1.82) is 0 Å². The summed E-state index contributed by atoms with van der Waals surface area (Å²) in [5.41, 5.74) is 8.85. The minimum atomic E-state index is 0.529. The van der Waals surface area contributed by atoms with E-state index in [1.165, 1.54) is 5.69 Å². The lowest BCUT2D eigenvalue weighted by molar-refractivity contribution is 0.453. The number of hydrogen-bond donors (Lipinski definition) is 3. The van der Waals surface area contributed by atoms with Crippen LogP contribution in [0.3, 0.4) is 0 Å². The molecule has 3 heterocycles. The summed E-state index contributed by atoms with van der Waals surface area (Å²) in [6, 6.07) is 5.93. The normalized spacial score (nSPS) is 16.9. The Morgan fingerprint density at radius 1 is 1.28 bits per heavy atom. The Morgan fingerprint density at radius 2 is 2.11 bits per heavy atom. The minimum absolute atomic E-state index is 0.529. The number of rotatable bonds is 2. The molecule has 1 fully saturated rings. The molecule has 0 atom stereocenters. The summed E-state index contributed by atoms with van der Waals surface area (Å²) in [5.74, 6) is 1.10. The Labute approximate surface area is 106 Å². The molecule has 1 aliphatic heterocycles. The molecule has 0 aromatic carbocycles. The van der Waals surface area contributed by atoms with Crippen LogP contribution in [0.4, 0.5) is 5.82 Å². The van der Waals surface area contributed by atoms with Crippen molar-refractivity contribution in [3.8, 4) is 11.3 Å². The Bertz CT molecular complexity index is 528. The van der Waals surface area contributed by atoms with Gasteiger partial charge in [0.05, 0.1) is 5.69 Å². The summed E-state index contributed by atoms with van der Waals surface area (Å²) in [6.45, 7) is 2.15. The Morgan fingerprint density at radius 3 is 2.89 bits per heavy atom. The van der Waals surface area contributed by atoms with E-state index in [0.29, 0.717) is 11.7 Å². The SMILES string of the molecule is Nc1ncccc1-c1cc(C2CCNCC2)[nH]n1. The molecule has 5 heteroatoms. The van der Waals surface area contributed by atoms with Gasteiger partial charge in [-0.15, -0.1) is 0 Å². The van der Waals surface area contributed by atoms with Gasteiger partial charge in [0.15, 0.2) is 0 Å². The van der Waals surface area contributed by atoms with E-state index in [2.05, 4.69) is 26.6 Å². The highest BCUT2D eigenvalue weighted by atomic mass is 15.1. The number of nitrogen functional groups attached to an aromatic ring is 1. The van der Waals surface area contributed by atoms with E-state index in [4.69, 9.17) is 5.73 Å². The fraction of sp³-hybridized carbons (Fsp3) is 0.385. The van der Waals surface area contributed by atoms with Gasteiger partial charge in [-0.3, -0.25) is 5.10 Å². The molecule has 2 aromatic heterocycles. The van der Waals surface area contributed by atoms with Gasteiger partial charge in [-0.1, -0.05) is 0 Å². The third-order valence-electron chi connectivity index (χ3n) is 3.49. The van der Waals surface area contributed by atoms with Gasteiger partial charge >= 0.3 is 0 Å². The number of aromatic nitrogens is 3. The van der Waals surface area contributed by atoms with Crippen molar-refractivity contribution in [3.63, 3.8) is 0 Å². The number of hydrogen-bond acceptors (Lipinski definition) is 4. The van der Waals surface area contributed by atoms with Crippen LogP contribution in [0.1, 0.15) is 24.5 Å². The topological polar surface area (TPSA) is 79.6 Å². The first kappa shape index (κ1) is 11.2. The molecule has 0 bridgehead atoms. The molecule has 0 unspecified atom stereocenters. The number of nitrogens with one attached hydrogen (secondary N) is 2. The zero-order valence-corrected chi connectivity index (χ0v) is 10.2. The van der Waals surface area contributed by atoms with E-state index in [1.807, 2.05) is 12.1 Å². The van der Waals surface area contributed by atoms with E-state index in [-0.39, 0.29) is 0 Å². The van der Waals surface area contributed by atoms with Crippen molar-refractivity contribution < 1.29 is 0 Å². The Balaban J connectivity index is 1.87. The lowest BCUT2D eigenvalue weighted by atomic mass is 9.94. The third-order valence-corrected chi connectivity index (χ3v) is 3.49. The molecule has 1 saturated heterocycles. The summed E-state index contributed by atoms with van der Waals surface area (Å²) in [6.07, 6.45) is 4.01. The van der Waals surface area contributed by atoms with Crippen molar-refractivity contribution >= 4 is 5.82 Å². The molecule has 0 spiro atoms. The molecule has 3 rings (SSSR count). The molecule has 0 radical (unpaired) electrons. The van der Waals surface area contributed by atoms with Crippen LogP contribution in [0.5, 0.6) is 0 Å². The van der Waals surface area contributed by atoms with Gasteiger partial charge in [0, 0.05) is 23.4 Å². The average Bonchev–Trinajstić information content (AvgIpc) is 2.90. The van der Waals surface area contributed by atoms with Gasteiger partial charge in [0.1, 0.15) is 5.82 Å². The first-order valence-electron chi connectivity index (χ1n) is 6.31. The van der Waals surface area contributed by atoms with Crippen LogP contribution in [-0.2, 0) is 0 Å². The predicted octanol–water partition coefficient (Wildman–Crippen LogP) is 1.52. The second-order valence-corrected chi connectivity index (χ2v) is 4.67. The first-order chi connectivity index (χ1) is 8.84. The Hall–Kier alpha value is -1.88. The van der Waals surface area contributed by atoms with Crippen LogP contribution in [0.2, 0.25) is 0 Å². The molecule has 0 aliphatic carbocycles. The van der Waals surface area contributed by atoms with E-state index in [0.717, 1.165) is 37.2 Å². The maximum atomic E-state index is 5.87. The molecule has 94 valence electrons. The third kappa shape index (κ3) is 2.09. The molecule has 0 amide bonds. The number of nitrogens with zero attached hydrogens (tertiary/aromatic N) is 2. The maximum Gasteiger partial charge on any atom is 0.132 e. The number of aromatic amines is 1. The van der Waals surface area contributed by atoms with Crippen LogP contribution in [0.25, 0.3) is 11.3 Å². The van der Waals surface area contributed by atoms with E-state index in [1.54, 1.807) is 6.20 Å². The van der Waals surface area contributed by atoms with E-state index >= 15 is 0 Å². The second kappa shape index (κ2) is 4.78. The van der Waals surface area contributed by atoms with E-state index < -0.39 is 0 Å². The fourth-order valence-corrected chi connectivity index (χ4v) is 2.45. The fourth-order valence-electron chi connectivity index (χ4n) is 2.45. The highest BCUT2D eigenvalue weighted by Gasteiger charge is 2.18. The molecule has 2 aromatic rings. The number of nitrogens with two attached hydrogens (primary N) is 1. The second-order valence-electron chi connectivity index (χ2n) is 4.67. The van der Waals surface area contributed by atoms with Gasteiger partial charge in [-0.05, 0) is 44.1 Å². The van der Waals surface area contributed by atoms with Crippen LogP contribution in [0.15, 0.2) is 24.4 Å². The lowest BCUT2D eigenvalue weighted by Gasteiger charge is -2.20. The van der Waals surface area contributed by atoms with Crippen molar-refractivity contribution in [1.82, 2.24) is 20.5 Å². The van der Waals surface area contributed by atoms with Gasteiger partial charge in [0.25, 0.3) is 0 Å². The molecule has 18 heavy (non-hydrogen) atoms. The maximum absolute atomic E-state index is 5.87.